The number of hydrogen-bond acceptors (Lipinski definition) is 5. The Bertz CT molecular complexity index is 695. The van der Waals surface area contributed by atoms with E-state index in [9.17, 15) is 14.4 Å². The zero-order chi connectivity index (χ0) is 20.7. The summed E-state index contributed by atoms with van der Waals surface area (Å²) in [5.74, 6) is 0.127. The number of carbonyl (C=O) groups excluding carboxylic acids is 3. The minimum absolute atomic E-state index is 0.158. The first-order valence-corrected chi connectivity index (χ1v) is 10.7. The molecular weight excluding hydrogens is 402 g/mol. The summed E-state index contributed by atoms with van der Waals surface area (Å²) in [7, 11) is 0. The highest BCUT2D eigenvalue weighted by Gasteiger charge is 2.32. The average molecular weight is 428 g/mol. The maximum absolute atomic E-state index is 12.8. The molecule has 2 atom stereocenters. The number of amides is 4. The van der Waals surface area contributed by atoms with Gasteiger partial charge in [0.1, 0.15) is 12.1 Å². The number of halogens is 1. The third-order valence-electron chi connectivity index (χ3n) is 4.67. The molecule has 1 aliphatic heterocycles. The zero-order valence-corrected chi connectivity index (χ0v) is 17.3. The van der Waals surface area contributed by atoms with Gasteiger partial charge >= 0.3 is 6.03 Å². The van der Waals surface area contributed by atoms with Crippen LogP contribution in [0.2, 0.25) is 5.02 Å². The summed E-state index contributed by atoms with van der Waals surface area (Å²) >= 11 is 7.52. The molecule has 1 saturated heterocycles. The molecule has 0 aromatic heterocycles. The van der Waals surface area contributed by atoms with E-state index in [4.69, 9.17) is 23.1 Å². The summed E-state index contributed by atoms with van der Waals surface area (Å²) in [6, 6.07) is 5.08. The van der Waals surface area contributed by atoms with Gasteiger partial charge in [-0.1, -0.05) is 23.7 Å². The van der Waals surface area contributed by atoms with Crippen LogP contribution in [0.4, 0.5) is 4.79 Å². The van der Waals surface area contributed by atoms with Crippen LogP contribution in [0.15, 0.2) is 24.3 Å². The molecule has 1 aromatic carbocycles. The zero-order valence-electron chi connectivity index (χ0n) is 15.8. The lowest BCUT2D eigenvalue weighted by Gasteiger charge is -2.39. The van der Waals surface area contributed by atoms with Crippen LogP contribution >= 0.6 is 23.4 Å². The number of nitrogens with one attached hydrogen (secondary N) is 1. The Labute approximate surface area is 173 Å². The van der Waals surface area contributed by atoms with E-state index in [0.717, 1.165) is 11.3 Å². The molecule has 10 heteroatoms. The topological polar surface area (TPSA) is 122 Å². The molecule has 0 unspecified atom stereocenters. The van der Waals surface area contributed by atoms with Crippen molar-refractivity contribution in [2.45, 2.75) is 18.5 Å². The van der Waals surface area contributed by atoms with Crippen molar-refractivity contribution in [3.05, 3.63) is 34.9 Å². The van der Waals surface area contributed by atoms with Crippen molar-refractivity contribution in [1.82, 2.24) is 15.1 Å². The SMILES string of the molecule is CSCC[C@@H](NC(N)=O)C(=O)N1CCN([C@H](C(N)=O)c2ccc(Cl)cc2)CC1. The van der Waals surface area contributed by atoms with Crippen molar-refractivity contribution in [3.63, 3.8) is 0 Å². The second-order valence-corrected chi connectivity index (χ2v) is 7.98. The lowest BCUT2D eigenvalue weighted by atomic mass is 10.0. The van der Waals surface area contributed by atoms with Crippen LogP contribution in [0.1, 0.15) is 18.0 Å². The van der Waals surface area contributed by atoms with Gasteiger partial charge in [0.25, 0.3) is 0 Å². The summed E-state index contributed by atoms with van der Waals surface area (Å²) in [6.45, 7) is 1.86. The Kier molecular flexibility index (Phi) is 8.40. The standard InChI is InChI=1S/C18H26ClN5O3S/c1-28-11-6-14(22-18(21)27)17(26)24-9-7-23(8-10-24)15(16(20)25)12-2-4-13(19)5-3-12/h2-5,14-15H,6-11H2,1H3,(H2,20,25)(H3,21,22,27)/t14-,15+/m1/s1. The molecule has 0 aliphatic carbocycles. The highest BCUT2D eigenvalue weighted by Crippen LogP contribution is 2.24. The number of carbonyl (C=O) groups is 3. The van der Waals surface area contributed by atoms with E-state index in [0.29, 0.717) is 37.6 Å². The molecule has 0 radical (unpaired) electrons. The Hall–Kier alpha value is -1.97. The van der Waals surface area contributed by atoms with E-state index in [-0.39, 0.29) is 5.91 Å². The second-order valence-electron chi connectivity index (χ2n) is 6.56. The van der Waals surface area contributed by atoms with E-state index in [1.807, 2.05) is 11.2 Å². The number of piperazine rings is 1. The number of benzene rings is 1. The largest absolute Gasteiger partial charge is 0.368 e. The molecule has 1 aromatic rings. The molecule has 5 N–H and O–H groups in total. The van der Waals surface area contributed by atoms with Crippen LogP contribution < -0.4 is 16.8 Å². The molecule has 1 fully saturated rings. The fraction of sp³-hybridized carbons (Fsp3) is 0.500. The summed E-state index contributed by atoms with van der Waals surface area (Å²) in [5.41, 5.74) is 11.6. The van der Waals surface area contributed by atoms with Gasteiger partial charge in [0.15, 0.2) is 0 Å². The smallest absolute Gasteiger partial charge is 0.312 e. The van der Waals surface area contributed by atoms with Gasteiger partial charge < -0.3 is 21.7 Å². The molecule has 0 saturated carbocycles. The minimum atomic E-state index is -0.713. The van der Waals surface area contributed by atoms with Gasteiger partial charge in [-0.25, -0.2) is 4.79 Å². The molecule has 2 rings (SSSR count). The molecule has 1 heterocycles. The molecule has 28 heavy (non-hydrogen) atoms. The minimum Gasteiger partial charge on any atom is -0.368 e. The van der Waals surface area contributed by atoms with Crippen LogP contribution in [0.5, 0.6) is 0 Å². The number of urea groups is 1. The Morgan fingerprint density at radius 3 is 2.25 bits per heavy atom. The maximum Gasteiger partial charge on any atom is 0.312 e. The average Bonchev–Trinajstić information content (AvgIpc) is 2.66. The van der Waals surface area contributed by atoms with Crippen LogP contribution in [0.25, 0.3) is 0 Å². The number of rotatable bonds is 8. The number of nitrogens with zero attached hydrogens (tertiary/aromatic N) is 2. The predicted molar refractivity (Wildman–Crippen MR) is 111 cm³/mol. The Morgan fingerprint density at radius 1 is 1.14 bits per heavy atom. The molecule has 154 valence electrons. The van der Waals surface area contributed by atoms with Gasteiger partial charge in [-0.15, -0.1) is 0 Å². The predicted octanol–water partition coefficient (Wildman–Crippen LogP) is 0.801. The summed E-state index contributed by atoms with van der Waals surface area (Å²) in [5, 5.41) is 3.11. The van der Waals surface area contributed by atoms with E-state index < -0.39 is 24.0 Å². The maximum atomic E-state index is 12.8. The van der Waals surface area contributed by atoms with Crippen molar-refractivity contribution in [3.8, 4) is 0 Å². The highest BCUT2D eigenvalue weighted by atomic mass is 35.5. The van der Waals surface area contributed by atoms with Crippen molar-refractivity contribution in [2.75, 3.05) is 38.2 Å². The van der Waals surface area contributed by atoms with E-state index in [2.05, 4.69) is 5.32 Å². The van der Waals surface area contributed by atoms with Gasteiger partial charge in [-0.2, -0.15) is 11.8 Å². The van der Waals surface area contributed by atoms with E-state index in [1.165, 1.54) is 0 Å². The number of thioether (sulfide) groups is 1. The van der Waals surface area contributed by atoms with Gasteiger partial charge in [-0.05, 0) is 36.1 Å². The molecule has 8 nitrogen and oxygen atoms in total. The van der Waals surface area contributed by atoms with E-state index in [1.54, 1.807) is 40.9 Å². The van der Waals surface area contributed by atoms with Gasteiger partial charge in [0.2, 0.25) is 11.8 Å². The second kappa shape index (κ2) is 10.5. The van der Waals surface area contributed by atoms with E-state index >= 15 is 0 Å². The summed E-state index contributed by atoms with van der Waals surface area (Å²) < 4.78 is 0. The van der Waals surface area contributed by atoms with Crippen LogP contribution in [-0.2, 0) is 9.59 Å². The van der Waals surface area contributed by atoms with Crippen LogP contribution in [-0.4, -0.2) is 71.9 Å². The van der Waals surface area contributed by atoms with Gasteiger partial charge in [0, 0.05) is 31.2 Å². The normalized spacial score (nSPS) is 17.0. The lowest BCUT2D eigenvalue weighted by molar-refractivity contribution is -0.136. The highest BCUT2D eigenvalue weighted by molar-refractivity contribution is 7.98. The van der Waals surface area contributed by atoms with Crippen molar-refractivity contribution < 1.29 is 14.4 Å². The molecule has 1 aliphatic rings. The number of hydrogen-bond donors (Lipinski definition) is 3. The first-order chi connectivity index (χ1) is 13.3. The molecular formula is C18H26ClN5O3S. The van der Waals surface area contributed by atoms with Crippen molar-refractivity contribution in [1.29, 1.82) is 0 Å². The first-order valence-electron chi connectivity index (χ1n) is 8.96. The van der Waals surface area contributed by atoms with Crippen molar-refractivity contribution >= 4 is 41.2 Å². The summed E-state index contributed by atoms with van der Waals surface area (Å²) in [4.78, 5) is 39.7. The van der Waals surface area contributed by atoms with Gasteiger partial charge in [0.05, 0.1) is 0 Å². The Morgan fingerprint density at radius 2 is 1.75 bits per heavy atom. The lowest BCUT2D eigenvalue weighted by Crippen LogP contribution is -2.57. The third kappa shape index (κ3) is 6.02. The van der Waals surface area contributed by atoms with Crippen LogP contribution in [0, 0.1) is 0 Å². The van der Waals surface area contributed by atoms with Crippen LogP contribution in [0.3, 0.4) is 0 Å². The van der Waals surface area contributed by atoms with Gasteiger partial charge in [-0.3, -0.25) is 14.5 Å². The number of primary amides is 2. The Balaban J connectivity index is 2.02. The molecule has 0 bridgehead atoms. The summed E-state index contributed by atoms with van der Waals surface area (Å²) in [6.07, 6.45) is 2.45. The number of nitrogens with two attached hydrogens (primary N) is 2. The monoisotopic (exact) mass is 427 g/mol. The van der Waals surface area contributed by atoms with Crippen molar-refractivity contribution in [2.24, 2.45) is 11.5 Å². The third-order valence-corrected chi connectivity index (χ3v) is 5.57. The fourth-order valence-electron chi connectivity index (χ4n) is 3.29. The first kappa shape index (κ1) is 22.3. The quantitative estimate of drug-likeness (QED) is 0.566. The molecule has 4 amide bonds. The molecule has 0 spiro atoms. The fourth-order valence-corrected chi connectivity index (χ4v) is 3.88.